The Kier molecular flexibility index (Phi) is 8.21. The Hall–Kier alpha value is -2.23. The molecule has 154 valence electrons. The van der Waals surface area contributed by atoms with E-state index < -0.39 is 0 Å². The van der Waals surface area contributed by atoms with E-state index >= 15 is 0 Å². The molecule has 1 aliphatic heterocycles. The third-order valence-corrected chi connectivity index (χ3v) is 5.31. The predicted octanol–water partition coefficient (Wildman–Crippen LogP) is 2.63. The molecule has 3 rings (SSSR count). The minimum absolute atomic E-state index is 0.0863. The summed E-state index contributed by atoms with van der Waals surface area (Å²) in [4.78, 5) is 4.68. The number of rotatable bonds is 7. The van der Waals surface area contributed by atoms with Gasteiger partial charge in [0.15, 0.2) is 0 Å². The molecule has 0 amide bonds. The molecule has 5 heteroatoms. The van der Waals surface area contributed by atoms with E-state index in [-0.39, 0.29) is 25.1 Å². The van der Waals surface area contributed by atoms with Crippen LogP contribution in [0.3, 0.4) is 0 Å². The number of hydrogen-bond donors (Lipinski definition) is 2. The number of aliphatic hydroxyl groups excluding tert-OH is 2. The van der Waals surface area contributed by atoms with Crippen molar-refractivity contribution in [2.75, 3.05) is 32.8 Å². The van der Waals surface area contributed by atoms with Gasteiger partial charge in [-0.25, -0.2) is 4.39 Å². The normalized spacial score (nSPS) is 17.7. The first-order chi connectivity index (χ1) is 14.2. The lowest BCUT2D eigenvalue weighted by atomic mass is 10.1. The van der Waals surface area contributed by atoms with Crippen LogP contribution in [-0.4, -0.2) is 58.9 Å². The summed E-state index contributed by atoms with van der Waals surface area (Å²) in [6, 6.07) is 15.3. The maximum absolute atomic E-state index is 14.0. The van der Waals surface area contributed by atoms with Crippen LogP contribution in [0.2, 0.25) is 0 Å². The fraction of sp³-hybridized carbons (Fsp3) is 0.417. The Morgan fingerprint density at radius 1 is 0.966 bits per heavy atom. The zero-order valence-electron chi connectivity index (χ0n) is 16.7. The first kappa shape index (κ1) is 21.5. The van der Waals surface area contributed by atoms with E-state index in [4.69, 9.17) is 5.11 Å². The zero-order chi connectivity index (χ0) is 20.5. The van der Waals surface area contributed by atoms with Gasteiger partial charge in [-0.1, -0.05) is 42.2 Å². The molecule has 1 heterocycles. The summed E-state index contributed by atoms with van der Waals surface area (Å²) in [5.74, 6) is 5.81. The summed E-state index contributed by atoms with van der Waals surface area (Å²) in [5, 5.41) is 18.3. The Labute approximate surface area is 172 Å². The lowest BCUT2D eigenvalue weighted by Gasteiger charge is -2.41. The molecule has 1 aliphatic rings. The van der Waals surface area contributed by atoms with Crippen molar-refractivity contribution in [2.45, 2.75) is 32.0 Å². The molecule has 29 heavy (non-hydrogen) atoms. The molecule has 0 unspecified atom stereocenters. The van der Waals surface area contributed by atoms with Crippen LogP contribution >= 0.6 is 0 Å². The lowest BCUT2D eigenvalue weighted by molar-refractivity contribution is 0.0493. The highest BCUT2D eigenvalue weighted by Gasteiger charge is 2.27. The van der Waals surface area contributed by atoms with E-state index in [9.17, 15) is 9.50 Å². The van der Waals surface area contributed by atoms with E-state index in [1.165, 1.54) is 11.6 Å². The highest BCUT2D eigenvalue weighted by molar-refractivity contribution is 5.36. The van der Waals surface area contributed by atoms with Crippen molar-refractivity contribution >= 4 is 0 Å². The number of hydrogen-bond acceptors (Lipinski definition) is 4. The SMILES string of the molecule is OCCC#Cc1ccc(CN2CCN(Cc3ccccc3F)[C@@H](CCO)C2)cc1. The van der Waals surface area contributed by atoms with Crippen molar-refractivity contribution in [3.8, 4) is 11.8 Å². The van der Waals surface area contributed by atoms with Crippen LogP contribution in [0, 0.1) is 17.7 Å². The molecule has 0 spiro atoms. The fourth-order valence-corrected chi connectivity index (χ4v) is 3.75. The Morgan fingerprint density at radius 3 is 2.48 bits per heavy atom. The highest BCUT2D eigenvalue weighted by atomic mass is 19.1. The third kappa shape index (κ3) is 6.38. The van der Waals surface area contributed by atoms with Crippen molar-refractivity contribution in [3.05, 3.63) is 71.0 Å². The van der Waals surface area contributed by atoms with E-state index in [1.54, 1.807) is 6.07 Å². The van der Waals surface area contributed by atoms with E-state index in [0.717, 1.165) is 31.7 Å². The van der Waals surface area contributed by atoms with E-state index in [2.05, 4.69) is 33.8 Å². The van der Waals surface area contributed by atoms with Crippen molar-refractivity contribution < 1.29 is 14.6 Å². The van der Waals surface area contributed by atoms with E-state index in [0.29, 0.717) is 24.9 Å². The monoisotopic (exact) mass is 396 g/mol. The van der Waals surface area contributed by atoms with Gasteiger partial charge in [0.2, 0.25) is 0 Å². The molecule has 0 bridgehead atoms. The molecular formula is C24H29FN2O2. The van der Waals surface area contributed by atoms with Crippen LogP contribution in [0.15, 0.2) is 48.5 Å². The van der Waals surface area contributed by atoms with Crippen molar-refractivity contribution in [2.24, 2.45) is 0 Å². The molecular weight excluding hydrogens is 367 g/mol. The van der Waals surface area contributed by atoms with Gasteiger partial charge in [0.05, 0.1) is 6.61 Å². The minimum atomic E-state index is -0.167. The maximum Gasteiger partial charge on any atom is 0.127 e. The molecule has 1 fully saturated rings. The van der Waals surface area contributed by atoms with Crippen LogP contribution in [0.4, 0.5) is 4.39 Å². The maximum atomic E-state index is 14.0. The first-order valence-corrected chi connectivity index (χ1v) is 10.2. The molecule has 2 aromatic rings. The average molecular weight is 397 g/mol. The largest absolute Gasteiger partial charge is 0.396 e. The smallest absolute Gasteiger partial charge is 0.127 e. The molecule has 2 aromatic carbocycles. The summed E-state index contributed by atoms with van der Waals surface area (Å²) < 4.78 is 14.0. The quantitative estimate of drug-likeness (QED) is 0.707. The van der Waals surface area contributed by atoms with Crippen LogP contribution in [-0.2, 0) is 13.1 Å². The fourth-order valence-electron chi connectivity index (χ4n) is 3.75. The zero-order valence-corrected chi connectivity index (χ0v) is 16.7. The van der Waals surface area contributed by atoms with Gasteiger partial charge in [-0.3, -0.25) is 9.80 Å². The summed E-state index contributed by atoms with van der Waals surface area (Å²) >= 11 is 0. The second kappa shape index (κ2) is 11.1. The summed E-state index contributed by atoms with van der Waals surface area (Å²) in [5.41, 5.74) is 2.89. The van der Waals surface area contributed by atoms with Gasteiger partial charge in [0, 0.05) is 62.9 Å². The lowest BCUT2D eigenvalue weighted by Crippen LogP contribution is -2.52. The molecule has 0 aromatic heterocycles. The number of piperazine rings is 1. The summed E-state index contributed by atoms with van der Waals surface area (Å²) in [7, 11) is 0. The predicted molar refractivity (Wildman–Crippen MR) is 113 cm³/mol. The van der Waals surface area contributed by atoms with Gasteiger partial charge in [0.25, 0.3) is 0 Å². The second-order valence-electron chi connectivity index (χ2n) is 7.44. The topological polar surface area (TPSA) is 46.9 Å². The Morgan fingerprint density at radius 2 is 1.76 bits per heavy atom. The second-order valence-corrected chi connectivity index (χ2v) is 7.44. The molecule has 1 atom stereocenters. The molecule has 0 aliphatic carbocycles. The van der Waals surface area contributed by atoms with Crippen molar-refractivity contribution in [3.63, 3.8) is 0 Å². The highest BCUT2D eigenvalue weighted by Crippen LogP contribution is 2.19. The molecule has 4 nitrogen and oxygen atoms in total. The van der Waals surface area contributed by atoms with E-state index in [1.807, 2.05) is 24.3 Å². The van der Waals surface area contributed by atoms with Gasteiger partial charge in [-0.15, -0.1) is 0 Å². The summed E-state index contributed by atoms with van der Waals surface area (Å²) in [6.45, 7) is 4.26. The first-order valence-electron chi connectivity index (χ1n) is 10.2. The molecule has 0 radical (unpaired) electrons. The van der Waals surface area contributed by atoms with Gasteiger partial charge < -0.3 is 10.2 Å². The van der Waals surface area contributed by atoms with Crippen LogP contribution < -0.4 is 0 Å². The number of nitrogens with zero attached hydrogens (tertiary/aromatic N) is 2. The van der Waals surface area contributed by atoms with Gasteiger partial charge in [-0.2, -0.15) is 0 Å². The van der Waals surface area contributed by atoms with Crippen molar-refractivity contribution in [1.29, 1.82) is 0 Å². The van der Waals surface area contributed by atoms with Crippen LogP contribution in [0.5, 0.6) is 0 Å². The molecule has 2 N–H and O–H groups in total. The van der Waals surface area contributed by atoms with Crippen LogP contribution in [0.25, 0.3) is 0 Å². The Bertz CT molecular complexity index is 829. The van der Waals surface area contributed by atoms with Crippen molar-refractivity contribution in [1.82, 2.24) is 9.80 Å². The molecule has 0 saturated carbocycles. The van der Waals surface area contributed by atoms with Crippen LogP contribution in [0.1, 0.15) is 29.5 Å². The molecule has 1 saturated heterocycles. The third-order valence-electron chi connectivity index (χ3n) is 5.31. The van der Waals surface area contributed by atoms with Gasteiger partial charge >= 0.3 is 0 Å². The van der Waals surface area contributed by atoms with Gasteiger partial charge in [0.1, 0.15) is 5.82 Å². The van der Waals surface area contributed by atoms with Gasteiger partial charge in [-0.05, 0) is 30.2 Å². The Balaban J connectivity index is 1.59. The number of benzene rings is 2. The summed E-state index contributed by atoms with van der Waals surface area (Å²) in [6.07, 6.45) is 1.18. The number of aliphatic hydroxyl groups is 2. The number of halogens is 1. The average Bonchev–Trinajstić information content (AvgIpc) is 2.73. The standard InChI is InChI=1S/C24H29FN2O2/c25-24-7-2-1-6-22(24)18-27-14-13-26(19-23(27)12-16-29)17-21-10-8-20(9-11-21)5-3-4-15-28/h1-2,6-11,23,28-29H,4,12-19H2/t23-/m0/s1. The minimum Gasteiger partial charge on any atom is -0.396 e.